The molecule has 2 aromatic carbocycles. The van der Waals surface area contributed by atoms with Crippen LogP contribution in [0.15, 0.2) is 60.9 Å². The van der Waals surface area contributed by atoms with E-state index in [4.69, 9.17) is 4.74 Å². The zero-order valence-corrected chi connectivity index (χ0v) is 12.2. The minimum atomic E-state index is -0.137. The summed E-state index contributed by atoms with van der Waals surface area (Å²) in [6.45, 7) is 0.487. The second-order valence-corrected chi connectivity index (χ2v) is 4.99. The summed E-state index contributed by atoms with van der Waals surface area (Å²) in [4.78, 5) is 16.5. The van der Waals surface area contributed by atoms with Crippen LogP contribution in [-0.4, -0.2) is 18.0 Å². The first-order valence-electron chi connectivity index (χ1n) is 7.00. The van der Waals surface area contributed by atoms with Crippen LogP contribution in [0.3, 0.4) is 0 Å². The number of nitrogens with one attached hydrogen (secondary N) is 1. The third-order valence-corrected chi connectivity index (χ3v) is 3.43. The number of nitrogens with zero attached hydrogens (tertiary/aromatic N) is 1. The number of amides is 1. The molecular weight excluding hydrogens is 276 g/mol. The Bertz CT molecular complexity index is 810. The lowest BCUT2D eigenvalue weighted by molar-refractivity contribution is 0.102. The number of pyridine rings is 1. The molecule has 22 heavy (non-hydrogen) atoms. The number of anilines is 1. The molecule has 1 heterocycles. The molecule has 0 saturated carbocycles. The van der Waals surface area contributed by atoms with Crippen molar-refractivity contribution in [2.75, 3.05) is 12.4 Å². The summed E-state index contributed by atoms with van der Waals surface area (Å²) in [5.41, 5.74) is 2.36. The molecule has 0 radical (unpaired) electrons. The monoisotopic (exact) mass is 292 g/mol. The van der Waals surface area contributed by atoms with Gasteiger partial charge in [0.2, 0.25) is 0 Å². The maximum Gasteiger partial charge on any atom is 0.255 e. The smallest absolute Gasteiger partial charge is 0.255 e. The van der Waals surface area contributed by atoms with Crippen LogP contribution in [0.5, 0.6) is 0 Å². The molecule has 0 unspecified atom stereocenters. The van der Waals surface area contributed by atoms with Crippen LogP contribution in [0.2, 0.25) is 0 Å². The Morgan fingerprint density at radius 3 is 2.91 bits per heavy atom. The zero-order chi connectivity index (χ0) is 15.4. The largest absolute Gasteiger partial charge is 0.380 e. The van der Waals surface area contributed by atoms with Gasteiger partial charge in [0.1, 0.15) is 0 Å². The number of fused-ring (bicyclic) bond motifs is 1. The molecule has 0 bridgehead atoms. The first-order valence-corrected chi connectivity index (χ1v) is 7.00. The summed E-state index contributed by atoms with van der Waals surface area (Å²) in [6.07, 6.45) is 3.50. The number of benzene rings is 2. The van der Waals surface area contributed by atoms with Gasteiger partial charge in [-0.2, -0.15) is 0 Å². The molecular formula is C18H16N2O2. The van der Waals surface area contributed by atoms with Gasteiger partial charge in [0.25, 0.3) is 5.91 Å². The zero-order valence-electron chi connectivity index (χ0n) is 12.2. The maximum absolute atomic E-state index is 12.4. The molecule has 0 aliphatic rings. The molecule has 0 atom stereocenters. The van der Waals surface area contributed by atoms with Gasteiger partial charge in [-0.25, -0.2) is 0 Å². The average Bonchev–Trinajstić information content (AvgIpc) is 2.56. The van der Waals surface area contributed by atoms with Crippen molar-refractivity contribution in [1.29, 1.82) is 0 Å². The summed E-state index contributed by atoms with van der Waals surface area (Å²) in [5.74, 6) is -0.137. The van der Waals surface area contributed by atoms with Crippen molar-refractivity contribution in [1.82, 2.24) is 4.98 Å². The summed E-state index contributed by atoms with van der Waals surface area (Å²) in [7, 11) is 1.64. The summed E-state index contributed by atoms with van der Waals surface area (Å²) < 4.78 is 5.10. The van der Waals surface area contributed by atoms with Gasteiger partial charge in [-0.3, -0.25) is 9.78 Å². The van der Waals surface area contributed by atoms with Gasteiger partial charge in [-0.15, -0.1) is 0 Å². The minimum absolute atomic E-state index is 0.137. The van der Waals surface area contributed by atoms with Gasteiger partial charge in [-0.05, 0) is 29.8 Å². The highest BCUT2D eigenvalue weighted by molar-refractivity contribution is 6.09. The third-order valence-electron chi connectivity index (χ3n) is 3.43. The minimum Gasteiger partial charge on any atom is -0.380 e. The van der Waals surface area contributed by atoms with Crippen LogP contribution in [-0.2, 0) is 11.3 Å². The third kappa shape index (κ3) is 2.97. The molecule has 4 heteroatoms. The Kier molecular flexibility index (Phi) is 4.12. The van der Waals surface area contributed by atoms with Crippen molar-refractivity contribution in [2.45, 2.75) is 6.61 Å². The molecule has 0 aliphatic heterocycles. The van der Waals surface area contributed by atoms with E-state index >= 15 is 0 Å². The predicted molar refractivity (Wildman–Crippen MR) is 86.9 cm³/mol. The van der Waals surface area contributed by atoms with Gasteiger partial charge in [0.15, 0.2) is 0 Å². The molecule has 0 spiro atoms. The molecule has 1 aromatic heterocycles. The Morgan fingerprint density at radius 1 is 1.18 bits per heavy atom. The fourth-order valence-corrected chi connectivity index (χ4v) is 2.40. The van der Waals surface area contributed by atoms with Crippen molar-refractivity contribution in [2.24, 2.45) is 0 Å². The first kappa shape index (κ1) is 14.2. The molecule has 0 saturated heterocycles. The van der Waals surface area contributed by atoms with Gasteiger partial charge in [-0.1, -0.05) is 24.3 Å². The normalized spacial score (nSPS) is 10.6. The van der Waals surface area contributed by atoms with Crippen molar-refractivity contribution in [3.8, 4) is 0 Å². The first-order chi connectivity index (χ1) is 10.8. The summed E-state index contributed by atoms with van der Waals surface area (Å²) >= 11 is 0. The lowest BCUT2D eigenvalue weighted by atomic mass is 10.1. The lowest BCUT2D eigenvalue weighted by Gasteiger charge is -2.09. The molecule has 0 fully saturated rings. The predicted octanol–water partition coefficient (Wildman–Crippen LogP) is 3.63. The van der Waals surface area contributed by atoms with Crippen molar-refractivity contribution in [3.05, 3.63) is 72.1 Å². The highest BCUT2D eigenvalue weighted by Gasteiger charge is 2.09. The maximum atomic E-state index is 12.4. The van der Waals surface area contributed by atoms with Gasteiger partial charge in [0.05, 0.1) is 6.61 Å². The Labute approximate surface area is 128 Å². The number of ether oxygens (including phenoxy) is 1. The number of hydrogen-bond donors (Lipinski definition) is 1. The Morgan fingerprint density at radius 2 is 2.05 bits per heavy atom. The Balaban J connectivity index is 1.88. The van der Waals surface area contributed by atoms with Crippen LogP contribution in [0.25, 0.3) is 10.8 Å². The van der Waals surface area contributed by atoms with E-state index in [-0.39, 0.29) is 5.91 Å². The fourth-order valence-electron chi connectivity index (χ4n) is 2.40. The Hall–Kier alpha value is -2.72. The summed E-state index contributed by atoms with van der Waals surface area (Å²) in [5, 5.41) is 4.93. The molecule has 1 N–H and O–H groups in total. The fraction of sp³-hybridized carbons (Fsp3) is 0.111. The van der Waals surface area contributed by atoms with E-state index in [1.165, 1.54) is 0 Å². The van der Waals surface area contributed by atoms with E-state index in [1.54, 1.807) is 25.6 Å². The average molecular weight is 292 g/mol. The van der Waals surface area contributed by atoms with E-state index in [9.17, 15) is 4.79 Å². The van der Waals surface area contributed by atoms with Gasteiger partial charge in [0, 0.05) is 41.5 Å². The van der Waals surface area contributed by atoms with E-state index in [0.717, 1.165) is 22.0 Å². The second kappa shape index (κ2) is 6.37. The SMILES string of the molecule is COCc1cccc(C(=O)Nc2cccc3cnccc23)c1. The topological polar surface area (TPSA) is 51.2 Å². The van der Waals surface area contributed by atoms with Crippen molar-refractivity contribution in [3.63, 3.8) is 0 Å². The quantitative estimate of drug-likeness (QED) is 0.799. The molecule has 1 amide bonds. The van der Waals surface area contributed by atoms with Crippen LogP contribution in [0.1, 0.15) is 15.9 Å². The standard InChI is InChI=1S/C18H16N2O2/c1-22-12-13-4-2-5-14(10-13)18(21)20-17-7-3-6-15-11-19-9-8-16(15)17/h2-11H,12H2,1H3,(H,20,21). The van der Waals surface area contributed by atoms with E-state index < -0.39 is 0 Å². The van der Waals surface area contributed by atoms with Gasteiger partial charge >= 0.3 is 0 Å². The van der Waals surface area contributed by atoms with Crippen molar-refractivity contribution >= 4 is 22.4 Å². The number of carbonyl (C=O) groups excluding carboxylic acids is 1. The van der Waals surface area contributed by atoms with Gasteiger partial charge < -0.3 is 10.1 Å². The molecule has 4 nitrogen and oxygen atoms in total. The molecule has 110 valence electrons. The molecule has 3 aromatic rings. The van der Waals surface area contributed by atoms with E-state index in [0.29, 0.717) is 12.2 Å². The number of aromatic nitrogens is 1. The molecule has 0 aliphatic carbocycles. The highest BCUT2D eigenvalue weighted by atomic mass is 16.5. The van der Waals surface area contributed by atoms with Crippen LogP contribution in [0, 0.1) is 0 Å². The van der Waals surface area contributed by atoms with Crippen LogP contribution >= 0.6 is 0 Å². The highest BCUT2D eigenvalue weighted by Crippen LogP contribution is 2.22. The number of carbonyl (C=O) groups is 1. The molecule has 3 rings (SSSR count). The number of hydrogen-bond acceptors (Lipinski definition) is 3. The van der Waals surface area contributed by atoms with Crippen molar-refractivity contribution < 1.29 is 9.53 Å². The second-order valence-electron chi connectivity index (χ2n) is 4.99. The number of methoxy groups -OCH3 is 1. The van der Waals surface area contributed by atoms with E-state index in [1.807, 2.05) is 42.5 Å². The van der Waals surface area contributed by atoms with E-state index in [2.05, 4.69) is 10.3 Å². The van der Waals surface area contributed by atoms with Crippen LogP contribution in [0.4, 0.5) is 5.69 Å². The van der Waals surface area contributed by atoms with Crippen LogP contribution < -0.4 is 5.32 Å². The number of rotatable bonds is 4. The summed E-state index contributed by atoms with van der Waals surface area (Å²) in [6, 6.07) is 15.1. The lowest BCUT2D eigenvalue weighted by Crippen LogP contribution is -2.12.